The first-order valence-corrected chi connectivity index (χ1v) is 10.7. The van der Waals surface area contributed by atoms with E-state index < -0.39 is 10.0 Å². The molecule has 0 bridgehead atoms. The highest BCUT2D eigenvalue weighted by molar-refractivity contribution is 7.89. The molecule has 0 unspecified atom stereocenters. The van der Waals surface area contributed by atoms with Gasteiger partial charge in [0.05, 0.1) is 18.1 Å². The van der Waals surface area contributed by atoms with E-state index in [4.69, 9.17) is 9.47 Å². The maximum absolute atomic E-state index is 12.6. The molecular formula is C20H24N2O5S. The summed E-state index contributed by atoms with van der Waals surface area (Å²) in [4.78, 5) is 12.7. The molecule has 0 aliphatic heterocycles. The van der Waals surface area contributed by atoms with E-state index in [2.05, 4.69) is 10.0 Å². The summed E-state index contributed by atoms with van der Waals surface area (Å²) >= 11 is 0. The number of benzene rings is 2. The van der Waals surface area contributed by atoms with Gasteiger partial charge in [0.1, 0.15) is 0 Å². The molecule has 0 spiro atoms. The van der Waals surface area contributed by atoms with Crippen LogP contribution >= 0.6 is 0 Å². The highest BCUT2D eigenvalue weighted by Gasteiger charge is 2.28. The van der Waals surface area contributed by atoms with E-state index in [1.54, 1.807) is 30.3 Å². The number of rotatable bonds is 9. The Bertz CT molecular complexity index is 955. The number of hydrogen-bond donors (Lipinski definition) is 2. The third kappa shape index (κ3) is 5.02. The Morgan fingerprint density at radius 3 is 2.43 bits per heavy atom. The van der Waals surface area contributed by atoms with E-state index in [0.717, 1.165) is 12.8 Å². The number of carbonyl (C=O) groups excluding carboxylic acids is 1. The predicted octanol–water partition coefficient (Wildman–Crippen LogP) is 3.18. The Labute approximate surface area is 165 Å². The standard InChI is InChI=1S/C20H24N2O5S/c1-3-26-18-11-8-14(12-19(18)27-4-2)20(23)21-16-6-5-7-17(13-16)28(24,25)22-15-9-10-15/h5-8,11-13,15,22H,3-4,9-10H2,1-2H3,(H,21,23). The maximum atomic E-state index is 12.6. The Balaban J connectivity index is 1.77. The Kier molecular flexibility index (Phi) is 6.21. The van der Waals surface area contributed by atoms with Crippen LogP contribution in [0.5, 0.6) is 11.5 Å². The van der Waals surface area contributed by atoms with Crippen molar-refractivity contribution in [2.24, 2.45) is 0 Å². The fourth-order valence-electron chi connectivity index (χ4n) is 2.63. The first-order chi connectivity index (χ1) is 13.4. The van der Waals surface area contributed by atoms with Gasteiger partial charge in [-0.15, -0.1) is 0 Å². The molecule has 8 heteroatoms. The lowest BCUT2D eigenvalue weighted by atomic mass is 10.2. The van der Waals surface area contributed by atoms with Crippen LogP contribution in [0.15, 0.2) is 47.4 Å². The van der Waals surface area contributed by atoms with Gasteiger partial charge in [0.25, 0.3) is 5.91 Å². The summed E-state index contributed by atoms with van der Waals surface area (Å²) in [6, 6.07) is 11.1. The molecule has 1 amide bonds. The number of nitrogens with one attached hydrogen (secondary N) is 2. The minimum atomic E-state index is -3.58. The SMILES string of the molecule is CCOc1ccc(C(=O)Nc2cccc(S(=O)(=O)NC3CC3)c2)cc1OCC. The molecular weight excluding hydrogens is 380 g/mol. The number of ether oxygens (including phenoxy) is 2. The molecule has 1 saturated carbocycles. The van der Waals surface area contributed by atoms with Crippen LogP contribution in [0, 0.1) is 0 Å². The molecule has 1 fully saturated rings. The van der Waals surface area contributed by atoms with E-state index in [1.165, 1.54) is 12.1 Å². The van der Waals surface area contributed by atoms with Gasteiger partial charge in [-0.3, -0.25) is 4.79 Å². The number of amides is 1. The van der Waals surface area contributed by atoms with Crippen LogP contribution in [0.25, 0.3) is 0 Å². The smallest absolute Gasteiger partial charge is 0.255 e. The summed E-state index contributed by atoms with van der Waals surface area (Å²) in [6.45, 7) is 4.65. The number of sulfonamides is 1. The summed E-state index contributed by atoms with van der Waals surface area (Å²) in [7, 11) is -3.58. The summed E-state index contributed by atoms with van der Waals surface area (Å²) < 4.78 is 38.4. The van der Waals surface area contributed by atoms with Crippen molar-refractivity contribution in [3.8, 4) is 11.5 Å². The molecule has 0 radical (unpaired) electrons. The highest BCUT2D eigenvalue weighted by Crippen LogP contribution is 2.29. The highest BCUT2D eigenvalue weighted by atomic mass is 32.2. The molecule has 3 rings (SSSR count). The fraction of sp³-hybridized carbons (Fsp3) is 0.350. The lowest BCUT2D eigenvalue weighted by Crippen LogP contribution is -2.25. The van der Waals surface area contributed by atoms with Crippen molar-refractivity contribution in [1.82, 2.24) is 4.72 Å². The van der Waals surface area contributed by atoms with Gasteiger partial charge in [0.15, 0.2) is 11.5 Å². The predicted molar refractivity (Wildman–Crippen MR) is 107 cm³/mol. The zero-order valence-electron chi connectivity index (χ0n) is 15.9. The second-order valence-electron chi connectivity index (χ2n) is 6.41. The molecule has 2 aromatic rings. The summed E-state index contributed by atoms with van der Waals surface area (Å²) in [5, 5.41) is 2.73. The first-order valence-electron chi connectivity index (χ1n) is 9.26. The van der Waals surface area contributed by atoms with Crippen LogP contribution in [-0.4, -0.2) is 33.6 Å². The summed E-state index contributed by atoms with van der Waals surface area (Å²) in [5.74, 6) is 0.691. The summed E-state index contributed by atoms with van der Waals surface area (Å²) in [5.41, 5.74) is 0.784. The quantitative estimate of drug-likeness (QED) is 0.670. The maximum Gasteiger partial charge on any atom is 0.255 e. The largest absolute Gasteiger partial charge is 0.490 e. The van der Waals surface area contributed by atoms with Crippen molar-refractivity contribution in [3.63, 3.8) is 0 Å². The van der Waals surface area contributed by atoms with E-state index >= 15 is 0 Å². The van der Waals surface area contributed by atoms with Crippen molar-refractivity contribution >= 4 is 21.6 Å². The number of hydrogen-bond acceptors (Lipinski definition) is 5. The molecule has 28 heavy (non-hydrogen) atoms. The van der Waals surface area contributed by atoms with Gasteiger partial charge >= 0.3 is 0 Å². The third-order valence-electron chi connectivity index (χ3n) is 4.11. The third-order valence-corrected chi connectivity index (χ3v) is 5.63. The average Bonchev–Trinajstić information content (AvgIpc) is 3.47. The molecule has 1 aliphatic rings. The van der Waals surface area contributed by atoms with Crippen molar-refractivity contribution in [1.29, 1.82) is 0 Å². The first kappa shape index (κ1) is 20.2. The van der Waals surface area contributed by atoms with Crippen LogP contribution < -0.4 is 19.5 Å². The van der Waals surface area contributed by atoms with Crippen molar-refractivity contribution in [3.05, 3.63) is 48.0 Å². The van der Waals surface area contributed by atoms with Crippen LogP contribution in [0.1, 0.15) is 37.0 Å². The van der Waals surface area contributed by atoms with Gasteiger partial charge < -0.3 is 14.8 Å². The lowest BCUT2D eigenvalue weighted by Gasteiger charge is -2.13. The molecule has 0 aromatic heterocycles. The zero-order valence-corrected chi connectivity index (χ0v) is 16.7. The van der Waals surface area contributed by atoms with Gasteiger partial charge in [-0.05, 0) is 63.1 Å². The molecule has 7 nitrogen and oxygen atoms in total. The minimum absolute atomic E-state index is 0.0177. The van der Waals surface area contributed by atoms with Crippen LogP contribution in [0.3, 0.4) is 0 Å². The van der Waals surface area contributed by atoms with E-state index in [1.807, 2.05) is 13.8 Å². The van der Waals surface area contributed by atoms with Crippen LogP contribution in [0.2, 0.25) is 0 Å². The Morgan fingerprint density at radius 2 is 1.75 bits per heavy atom. The lowest BCUT2D eigenvalue weighted by molar-refractivity contribution is 0.102. The molecule has 150 valence electrons. The Morgan fingerprint density at radius 1 is 1.04 bits per heavy atom. The minimum Gasteiger partial charge on any atom is -0.490 e. The zero-order chi connectivity index (χ0) is 20.1. The molecule has 1 aliphatic carbocycles. The summed E-state index contributed by atoms with van der Waals surface area (Å²) in [6.07, 6.45) is 1.71. The van der Waals surface area contributed by atoms with Crippen LogP contribution in [-0.2, 0) is 10.0 Å². The van der Waals surface area contributed by atoms with Crippen molar-refractivity contribution in [2.45, 2.75) is 37.6 Å². The van der Waals surface area contributed by atoms with Gasteiger partial charge in [-0.1, -0.05) is 6.07 Å². The Hall–Kier alpha value is -2.58. The van der Waals surface area contributed by atoms with Gasteiger partial charge in [0.2, 0.25) is 10.0 Å². The van der Waals surface area contributed by atoms with Crippen molar-refractivity contribution in [2.75, 3.05) is 18.5 Å². The van der Waals surface area contributed by atoms with Crippen molar-refractivity contribution < 1.29 is 22.7 Å². The second kappa shape index (κ2) is 8.62. The second-order valence-corrected chi connectivity index (χ2v) is 8.12. The molecule has 2 aromatic carbocycles. The normalized spacial score (nSPS) is 13.8. The monoisotopic (exact) mass is 404 g/mol. The van der Waals surface area contributed by atoms with E-state index in [9.17, 15) is 13.2 Å². The fourth-order valence-corrected chi connectivity index (χ4v) is 3.98. The average molecular weight is 404 g/mol. The molecule has 0 heterocycles. The number of carbonyl (C=O) groups is 1. The molecule has 2 N–H and O–H groups in total. The molecule has 0 saturated heterocycles. The van der Waals surface area contributed by atoms with Crippen LogP contribution in [0.4, 0.5) is 5.69 Å². The molecule has 0 atom stereocenters. The van der Waals surface area contributed by atoms with Gasteiger partial charge in [0, 0.05) is 17.3 Å². The van der Waals surface area contributed by atoms with Gasteiger partial charge in [-0.25, -0.2) is 13.1 Å². The van der Waals surface area contributed by atoms with Gasteiger partial charge in [-0.2, -0.15) is 0 Å². The topological polar surface area (TPSA) is 93.7 Å². The number of anilines is 1. The van der Waals surface area contributed by atoms with E-state index in [0.29, 0.717) is 36.0 Å². The van der Waals surface area contributed by atoms with E-state index in [-0.39, 0.29) is 16.8 Å².